The van der Waals surface area contributed by atoms with Crippen molar-refractivity contribution in [1.82, 2.24) is 4.90 Å². The van der Waals surface area contributed by atoms with Crippen molar-refractivity contribution in [2.45, 2.75) is 51.3 Å². The molecule has 0 spiro atoms. The molecule has 0 saturated heterocycles. The molecule has 0 fully saturated rings. The minimum Gasteiger partial charge on any atom is -0.493 e. The second kappa shape index (κ2) is 12.9. The third kappa shape index (κ3) is 6.18. The second-order valence-electron chi connectivity index (χ2n) is 8.39. The Morgan fingerprint density at radius 3 is 2.66 bits per heavy atom. The highest BCUT2D eigenvalue weighted by Crippen LogP contribution is 2.35. The quantitative estimate of drug-likeness (QED) is 0.321. The van der Waals surface area contributed by atoms with Crippen LogP contribution in [0.15, 0.2) is 65.3 Å². The fourth-order valence-electron chi connectivity index (χ4n) is 4.34. The van der Waals surface area contributed by atoms with Crippen LogP contribution in [0.4, 0.5) is 0 Å². The Morgan fingerprint density at radius 2 is 1.91 bits per heavy atom. The highest BCUT2D eigenvalue weighted by atomic mass is 16.5. The van der Waals surface area contributed by atoms with E-state index in [2.05, 4.69) is 0 Å². The van der Waals surface area contributed by atoms with Crippen LogP contribution in [0.2, 0.25) is 0 Å². The second-order valence-corrected chi connectivity index (χ2v) is 8.39. The van der Waals surface area contributed by atoms with E-state index in [4.69, 9.17) is 14.3 Å². The first-order valence-corrected chi connectivity index (χ1v) is 11.9. The number of aliphatic hydroxyl groups excluding tert-OH is 2. The summed E-state index contributed by atoms with van der Waals surface area (Å²) < 4.78 is 11.4. The fraction of sp³-hybridized carbons (Fsp3) is 0.357. The summed E-state index contributed by atoms with van der Waals surface area (Å²) >= 11 is 0. The number of hydrogen-bond acceptors (Lipinski definition) is 6. The van der Waals surface area contributed by atoms with E-state index in [1.54, 1.807) is 12.3 Å². The Morgan fingerprint density at radius 1 is 1.11 bits per heavy atom. The molecule has 1 aliphatic rings. The molecule has 1 aromatic heterocycles. The smallest absolute Gasteiger partial charge is 0.256 e. The van der Waals surface area contributed by atoms with Crippen LogP contribution in [0.3, 0.4) is 0 Å². The fourth-order valence-corrected chi connectivity index (χ4v) is 4.34. The SMILES string of the molecule is CC1Cc2cc(-c3ccco3)ccc2C(=O)N1C(O)c1ccccc1OCCCCCC=O.CO. The Labute approximate surface area is 206 Å². The van der Waals surface area contributed by atoms with Crippen molar-refractivity contribution >= 4 is 12.2 Å². The number of carbonyl (C=O) groups excluding carboxylic acids is 2. The number of ether oxygens (including phenoxy) is 1. The summed E-state index contributed by atoms with van der Waals surface area (Å²) in [6.45, 7) is 2.44. The molecule has 2 N–H and O–H groups in total. The van der Waals surface area contributed by atoms with Gasteiger partial charge in [-0.3, -0.25) is 4.79 Å². The predicted octanol–water partition coefficient (Wildman–Crippen LogP) is 4.77. The maximum absolute atomic E-state index is 13.4. The average Bonchev–Trinajstić information content (AvgIpc) is 3.42. The number of aldehydes is 1. The third-order valence-electron chi connectivity index (χ3n) is 6.05. The zero-order valence-electron chi connectivity index (χ0n) is 20.2. The first-order valence-electron chi connectivity index (χ1n) is 11.9. The van der Waals surface area contributed by atoms with Gasteiger partial charge < -0.3 is 29.1 Å². The molecule has 0 saturated carbocycles. The lowest BCUT2D eigenvalue weighted by atomic mass is 9.91. The monoisotopic (exact) mass is 479 g/mol. The van der Waals surface area contributed by atoms with Crippen molar-refractivity contribution in [3.05, 3.63) is 77.6 Å². The van der Waals surface area contributed by atoms with Crippen LogP contribution in [0.25, 0.3) is 11.3 Å². The van der Waals surface area contributed by atoms with Gasteiger partial charge >= 0.3 is 0 Å². The van der Waals surface area contributed by atoms with Crippen LogP contribution >= 0.6 is 0 Å². The van der Waals surface area contributed by atoms with Gasteiger partial charge in [0.05, 0.1) is 12.9 Å². The normalized spacial score (nSPS) is 15.6. The van der Waals surface area contributed by atoms with E-state index in [1.807, 2.05) is 55.5 Å². The van der Waals surface area contributed by atoms with Gasteiger partial charge in [-0.1, -0.05) is 24.3 Å². The molecular weight excluding hydrogens is 446 g/mol. The van der Waals surface area contributed by atoms with Crippen LogP contribution < -0.4 is 4.74 Å². The number of benzene rings is 2. The maximum Gasteiger partial charge on any atom is 0.256 e. The van der Waals surface area contributed by atoms with Gasteiger partial charge in [0, 0.05) is 36.3 Å². The molecule has 2 aromatic carbocycles. The Kier molecular flexibility index (Phi) is 9.64. The van der Waals surface area contributed by atoms with E-state index in [9.17, 15) is 14.7 Å². The predicted molar refractivity (Wildman–Crippen MR) is 133 cm³/mol. The molecule has 7 nitrogen and oxygen atoms in total. The molecule has 0 radical (unpaired) electrons. The summed E-state index contributed by atoms with van der Waals surface area (Å²) in [5, 5.41) is 18.2. The van der Waals surface area contributed by atoms with E-state index in [0.29, 0.717) is 36.3 Å². The summed E-state index contributed by atoms with van der Waals surface area (Å²) in [6, 6.07) is 16.5. The highest BCUT2D eigenvalue weighted by molar-refractivity contribution is 5.97. The number of furan rings is 1. The summed E-state index contributed by atoms with van der Waals surface area (Å²) in [6.07, 6.45) is 5.21. The molecule has 186 valence electrons. The van der Waals surface area contributed by atoms with Crippen LogP contribution in [0.5, 0.6) is 5.75 Å². The minimum atomic E-state index is -1.11. The molecule has 0 bridgehead atoms. The van der Waals surface area contributed by atoms with E-state index in [0.717, 1.165) is 49.5 Å². The summed E-state index contributed by atoms with van der Waals surface area (Å²) in [7, 11) is 1.00. The first kappa shape index (κ1) is 26.2. The first-order chi connectivity index (χ1) is 17.1. The zero-order valence-corrected chi connectivity index (χ0v) is 20.2. The molecule has 3 aromatic rings. The number of para-hydroxylation sites is 1. The van der Waals surface area contributed by atoms with Gasteiger partial charge in [0.1, 0.15) is 17.8 Å². The van der Waals surface area contributed by atoms with E-state index < -0.39 is 6.23 Å². The third-order valence-corrected chi connectivity index (χ3v) is 6.05. The highest BCUT2D eigenvalue weighted by Gasteiger charge is 2.35. The number of carbonyl (C=O) groups is 2. The van der Waals surface area contributed by atoms with Gasteiger partial charge in [-0.15, -0.1) is 0 Å². The van der Waals surface area contributed by atoms with Crippen molar-refractivity contribution in [2.75, 3.05) is 13.7 Å². The lowest BCUT2D eigenvalue weighted by Gasteiger charge is -2.38. The Hall–Kier alpha value is -3.42. The number of aliphatic hydroxyl groups is 2. The van der Waals surface area contributed by atoms with Crippen molar-refractivity contribution in [2.24, 2.45) is 0 Å². The number of unbranched alkanes of at least 4 members (excludes halogenated alkanes) is 3. The molecule has 2 unspecified atom stereocenters. The topological polar surface area (TPSA) is 100 Å². The lowest BCUT2D eigenvalue weighted by Crippen LogP contribution is -2.46. The largest absolute Gasteiger partial charge is 0.493 e. The molecule has 0 aliphatic carbocycles. The molecule has 35 heavy (non-hydrogen) atoms. The molecular formula is C28H33NO6. The molecule has 2 atom stereocenters. The van der Waals surface area contributed by atoms with E-state index in [1.165, 1.54) is 4.90 Å². The maximum atomic E-state index is 13.4. The molecule has 1 amide bonds. The van der Waals surface area contributed by atoms with Crippen molar-refractivity contribution in [1.29, 1.82) is 0 Å². The number of amides is 1. The van der Waals surface area contributed by atoms with E-state index in [-0.39, 0.29) is 11.9 Å². The summed E-state index contributed by atoms with van der Waals surface area (Å²) in [4.78, 5) is 25.3. The van der Waals surface area contributed by atoms with Gasteiger partial charge in [-0.25, -0.2) is 0 Å². The van der Waals surface area contributed by atoms with Crippen LogP contribution in [0, 0.1) is 0 Å². The van der Waals surface area contributed by atoms with Gasteiger partial charge in [-0.2, -0.15) is 0 Å². The number of nitrogens with zero attached hydrogens (tertiary/aromatic N) is 1. The van der Waals surface area contributed by atoms with E-state index >= 15 is 0 Å². The minimum absolute atomic E-state index is 0.191. The van der Waals surface area contributed by atoms with Crippen LogP contribution in [-0.4, -0.2) is 47.1 Å². The van der Waals surface area contributed by atoms with Gasteiger partial charge in [0.15, 0.2) is 6.23 Å². The van der Waals surface area contributed by atoms with Crippen molar-refractivity contribution in [3.8, 4) is 17.1 Å². The van der Waals surface area contributed by atoms with Crippen molar-refractivity contribution < 1.29 is 29.0 Å². The summed E-state index contributed by atoms with van der Waals surface area (Å²) in [5.74, 6) is 1.13. The number of hydrogen-bond donors (Lipinski definition) is 2. The number of rotatable bonds is 10. The Bertz CT molecular complexity index is 1090. The lowest BCUT2D eigenvalue weighted by molar-refractivity contribution is -0.107. The molecule has 4 rings (SSSR count). The van der Waals surface area contributed by atoms with Gasteiger partial charge in [0.25, 0.3) is 5.91 Å². The molecule has 2 heterocycles. The van der Waals surface area contributed by atoms with Crippen LogP contribution in [-0.2, 0) is 11.2 Å². The van der Waals surface area contributed by atoms with Crippen molar-refractivity contribution in [3.63, 3.8) is 0 Å². The molecule has 1 aliphatic heterocycles. The van der Waals surface area contributed by atoms with Crippen LogP contribution in [0.1, 0.15) is 60.3 Å². The van der Waals surface area contributed by atoms with Gasteiger partial charge in [-0.05, 0) is 68.5 Å². The average molecular weight is 480 g/mol. The summed E-state index contributed by atoms with van der Waals surface area (Å²) in [5.41, 5.74) is 3.04. The zero-order chi connectivity index (χ0) is 25.2. The number of fused-ring (bicyclic) bond motifs is 1. The standard InChI is InChI=1S/C27H29NO5.CH4O/c1-19-17-21-18-20(24-11-8-16-32-24)12-13-22(21)26(30)28(19)27(31)23-9-4-5-10-25(23)33-15-7-3-2-6-14-29;1-2/h4-5,8-14,16,18-19,27,31H,2-3,6-7,15,17H2,1H3;2H,1H3. The van der Waals surface area contributed by atoms with Gasteiger partial charge in [0.2, 0.25) is 0 Å². The Balaban J connectivity index is 0.00000167. The molecule has 7 heteroatoms.